The van der Waals surface area contributed by atoms with Crippen molar-refractivity contribution in [1.29, 1.82) is 0 Å². The summed E-state index contributed by atoms with van der Waals surface area (Å²) in [4.78, 5) is 0.104. The van der Waals surface area contributed by atoms with Crippen molar-refractivity contribution in [2.24, 2.45) is 0 Å². The van der Waals surface area contributed by atoms with E-state index in [1.54, 1.807) is 12.1 Å². The molecule has 4 rings (SSSR count). The third-order valence-electron chi connectivity index (χ3n) is 4.19. The van der Waals surface area contributed by atoms with Gasteiger partial charge in [-0.2, -0.15) is 0 Å². The van der Waals surface area contributed by atoms with Crippen molar-refractivity contribution in [3.8, 4) is 0 Å². The summed E-state index contributed by atoms with van der Waals surface area (Å²) in [6, 6.07) is 8.18. The second kappa shape index (κ2) is 5.58. The Hall–Kier alpha value is -1.89. The normalized spacial score (nSPS) is 14.8. The predicted octanol–water partition coefficient (Wildman–Crippen LogP) is 3.70. The lowest BCUT2D eigenvalue weighted by molar-refractivity contribution is 0.488. The molecule has 0 fully saturated rings. The number of nitrogens with one attached hydrogen (secondary N) is 1. The molecule has 2 aromatic carbocycles. The number of benzene rings is 2. The zero-order valence-electron chi connectivity index (χ0n) is 12.5. The number of sulfone groups is 1. The van der Waals surface area contributed by atoms with Crippen LogP contribution in [0.4, 0.5) is 4.39 Å². The zero-order valence-corrected chi connectivity index (χ0v) is 14.0. The summed E-state index contributed by atoms with van der Waals surface area (Å²) in [6.07, 6.45) is 0.786. The highest BCUT2D eigenvalue weighted by molar-refractivity contribution is 7.91. The van der Waals surface area contributed by atoms with Gasteiger partial charge in [0.1, 0.15) is 17.2 Å². The van der Waals surface area contributed by atoms with E-state index in [0.29, 0.717) is 12.1 Å². The first-order chi connectivity index (χ1) is 11.5. The van der Waals surface area contributed by atoms with Crippen molar-refractivity contribution in [2.45, 2.75) is 22.8 Å². The SMILES string of the molecule is O=S(=O)(c1ccc(F)c(Cl)c1)c1ccc2oc3c(c2c1)CCNC3. The Bertz CT molecular complexity index is 1060. The van der Waals surface area contributed by atoms with Crippen molar-refractivity contribution in [1.82, 2.24) is 5.32 Å². The Kier molecular flexibility index (Phi) is 3.63. The molecule has 124 valence electrons. The van der Waals surface area contributed by atoms with Crippen molar-refractivity contribution >= 4 is 32.4 Å². The lowest BCUT2D eigenvalue weighted by Gasteiger charge is -2.11. The summed E-state index contributed by atoms with van der Waals surface area (Å²) in [5.74, 6) is 0.193. The van der Waals surface area contributed by atoms with Gasteiger partial charge in [-0.15, -0.1) is 0 Å². The Balaban J connectivity index is 1.87. The minimum atomic E-state index is -3.78. The molecular weight excluding hydrogens is 353 g/mol. The molecule has 0 unspecified atom stereocenters. The second-order valence-electron chi connectivity index (χ2n) is 5.67. The van der Waals surface area contributed by atoms with Gasteiger partial charge in [-0.25, -0.2) is 12.8 Å². The van der Waals surface area contributed by atoms with Crippen LogP contribution in [0.1, 0.15) is 11.3 Å². The summed E-state index contributed by atoms with van der Waals surface area (Å²) in [6.45, 7) is 1.46. The van der Waals surface area contributed by atoms with Crippen LogP contribution < -0.4 is 5.32 Å². The minimum Gasteiger partial charge on any atom is -0.459 e. The number of halogens is 2. The number of furan rings is 1. The molecule has 24 heavy (non-hydrogen) atoms. The number of rotatable bonds is 2. The quantitative estimate of drug-likeness (QED) is 0.703. The van der Waals surface area contributed by atoms with E-state index >= 15 is 0 Å². The highest BCUT2D eigenvalue weighted by atomic mass is 35.5. The Morgan fingerprint density at radius 1 is 1.12 bits per heavy atom. The average molecular weight is 366 g/mol. The Morgan fingerprint density at radius 3 is 2.67 bits per heavy atom. The molecule has 1 aromatic heterocycles. The average Bonchev–Trinajstić information content (AvgIpc) is 2.95. The molecular formula is C17H13ClFNO3S. The molecule has 0 saturated heterocycles. The van der Waals surface area contributed by atoms with E-state index in [1.807, 2.05) is 0 Å². The zero-order chi connectivity index (χ0) is 16.9. The molecule has 7 heteroatoms. The number of hydrogen-bond donors (Lipinski definition) is 1. The standard InChI is InChI=1S/C17H13ClFNO3S/c18-14-8-11(1-3-15(14)19)24(21,22)10-2-4-16-13(7-10)12-5-6-20-9-17(12)23-16/h1-4,7-8,20H,5-6,9H2. The summed E-state index contributed by atoms with van der Waals surface area (Å²) in [5.41, 5.74) is 1.71. The highest BCUT2D eigenvalue weighted by Crippen LogP contribution is 2.32. The largest absolute Gasteiger partial charge is 0.459 e. The van der Waals surface area contributed by atoms with Gasteiger partial charge in [0.2, 0.25) is 9.84 Å². The maximum Gasteiger partial charge on any atom is 0.206 e. The van der Waals surface area contributed by atoms with E-state index in [1.165, 1.54) is 12.1 Å². The van der Waals surface area contributed by atoms with Gasteiger partial charge in [0.25, 0.3) is 0 Å². The van der Waals surface area contributed by atoms with Crippen LogP contribution in [0.5, 0.6) is 0 Å². The van der Waals surface area contributed by atoms with E-state index < -0.39 is 15.7 Å². The summed E-state index contributed by atoms with van der Waals surface area (Å²) >= 11 is 5.72. The van der Waals surface area contributed by atoms with Crippen molar-refractivity contribution in [3.63, 3.8) is 0 Å². The first-order valence-electron chi connectivity index (χ1n) is 7.42. The van der Waals surface area contributed by atoms with Crippen LogP contribution in [-0.2, 0) is 22.8 Å². The summed E-state index contributed by atoms with van der Waals surface area (Å²) in [7, 11) is -3.78. The van der Waals surface area contributed by atoms with E-state index in [2.05, 4.69) is 5.32 Å². The molecule has 0 atom stereocenters. The van der Waals surface area contributed by atoms with Crippen LogP contribution in [-0.4, -0.2) is 15.0 Å². The topological polar surface area (TPSA) is 59.3 Å². The van der Waals surface area contributed by atoms with Crippen LogP contribution in [0.2, 0.25) is 5.02 Å². The van der Waals surface area contributed by atoms with E-state index in [0.717, 1.165) is 41.8 Å². The maximum absolute atomic E-state index is 13.3. The second-order valence-corrected chi connectivity index (χ2v) is 8.02. The third-order valence-corrected chi connectivity index (χ3v) is 6.23. The van der Waals surface area contributed by atoms with Gasteiger partial charge in [0.15, 0.2) is 0 Å². The summed E-state index contributed by atoms with van der Waals surface area (Å²) in [5, 5.41) is 3.81. The van der Waals surface area contributed by atoms with Crippen molar-refractivity contribution < 1.29 is 17.2 Å². The molecule has 1 aliphatic rings. The van der Waals surface area contributed by atoms with Crippen molar-refractivity contribution in [3.05, 3.63) is 58.6 Å². The van der Waals surface area contributed by atoms with E-state index in [9.17, 15) is 12.8 Å². The third kappa shape index (κ3) is 2.42. The van der Waals surface area contributed by atoms with E-state index in [-0.39, 0.29) is 14.8 Å². The number of hydrogen-bond acceptors (Lipinski definition) is 4. The molecule has 2 heterocycles. The Morgan fingerprint density at radius 2 is 1.88 bits per heavy atom. The molecule has 0 amide bonds. The maximum atomic E-state index is 13.3. The first kappa shape index (κ1) is 15.6. The van der Waals surface area contributed by atoms with Gasteiger partial charge >= 0.3 is 0 Å². The van der Waals surface area contributed by atoms with Gasteiger partial charge in [-0.3, -0.25) is 0 Å². The van der Waals surface area contributed by atoms with Crippen LogP contribution in [0.3, 0.4) is 0 Å². The molecule has 4 nitrogen and oxygen atoms in total. The van der Waals surface area contributed by atoms with Gasteiger partial charge in [0.05, 0.1) is 21.4 Å². The monoisotopic (exact) mass is 365 g/mol. The molecule has 0 spiro atoms. The molecule has 0 bridgehead atoms. The molecule has 1 aliphatic heterocycles. The van der Waals surface area contributed by atoms with Gasteiger partial charge in [-0.1, -0.05) is 11.6 Å². The molecule has 3 aromatic rings. The minimum absolute atomic E-state index is 0.0349. The van der Waals surface area contributed by atoms with E-state index in [4.69, 9.17) is 16.0 Å². The molecule has 0 radical (unpaired) electrons. The fourth-order valence-corrected chi connectivity index (χ4v) is 4.52. The van der Waals surface area contributed by atoms with Crippen LogP contribution in [0.15, 0.2) is 50.6 Å². The Labute approximate surface area is 143 Å². The van der Waals surface area contributed by atoms with Crippen LogP contribution in [0.25, 0.3) is 11.0 Å². The smallest absolute Gasteiger partial charge is 0.206 e. The fourth-order valence-electron chi connectivity index (χ4n) is 2.96. The van der Waals surface area contributed by atoms with Crippen LogP contribution >= 0.6 is 11.6 Å². The van der Waals surface area contributed by atoms with Crippen LogP contribution in [0, 0.1) is 5.82 Å². The highest BCUT2D eigenvalue weighted by Gasteiger charge is 2.23. The fraction of sp³-hybridized carbons (Fsp3) is 0.176. The molecule has 0 saturated carbocycles. The van der Waals surface area contributed by atoms with Crippen molar-refractivity contribution in [2.75, 3.05) is 6.54 Å². The summed E-state index contributed by atoms with van der Waals surface area (Å²) < 4.78 is 44.7. The molecule has 1 N–H and O–H groups in total. The lowest BCUT2D eigenvalue weighted by Crippen LogP contribution is -2.22. The van der Waals surface area contributed by atoms with Gasteiger partial charge in [-0.05, 0) is 49.4 Å². The lowest BCUT2D eigenvalue weighted by atomic mass is 10.1. The van der Waals surface area contributed by atoms with Gasteiger partial charge < -0.3 is 9.73 Å². The number of fused-ring (bicyclic) bond motifs is 3. The molecule has 0 aliphatic carbocycles. The predicted molar refractivity (Wildman–Crippen MR) is 88.5 cm³/mol. The first-order valence-corrected chi connectivity index (χ1v) is 9.28. The van der Waals surface area contributed by atoms with Gasteiger partial charge in [0, 0.05) is 10.9 Å².